The Morgan fingerprint density at radius 1 is 1.12 bits per heavy atom. The highest BCUT2D eigenvalue weighted by Gasteiger charge is 2.34. The minimum Gasteiger partial charge on any atom is -0.495 e. The molecule has 43 heavy (non-hydrogen) atoms. The molecule has 0 unspecified atom stereocenters. The van der Waals surface area contributed by atoms with Crippen molar-refractivity contribution in [2.24, 2.45) is 13.0 Å². The minimum atomic E-state index is -0.427. The fraction of sp³-hybridized carbons (Fsp3) is 0.353. The molecule has 4 aromatic rings. The molecule has 2 heterocycles. The van der Waals surface area contributed by atoms with E-state index in [9.17, 15) is 14.7 Å². The highest BCUT2D eigenvalue weighted by molar-refractivity contribution is 6.10. The number of aliphatic hydroxyl groups is 1. The van der Waals surface area contributed by atoms with Crippen molar-refractivity contribution in [2.75, 3.05) is 39.2 Å². The smallest absolute Gasteiger partial charge is 0.321 e. The SMILES string of the molecule is COc1ccccc1NC(=O)N(C)C[C@H]1OCc2ccccc2-c2c(n(C)c3ccccc23)C(=O)N([C@@H](C)CO)C[C@H]1C. The molecule has 0 fully saturated rings. The van der Waals surface area contributed by atoms with Gasteiger partial charge in [-0.2, -0.15) is 0 Å². The number of amides is 3. The van der Waals surface area contributed by atoms with Crippen LogP contribution in [0.3, 0.4) is 0 Å². The fourth-order valence-electron chi connectivity index (χ4n) is 5.84. The summed E-state index contributed by atoms with van der Waals surface area (Å²) < 4.78 is 13.9. The maximum Gasteiger partial charge on any atom is 0.321 e. The first-order valence-electron chi connectivity index (χ1n) is 14.6. The lowest BCUT2D eigenvalue weighted by Gasteiger charge is -2.35. The Hall–Kier alpha value is -4.34. The predicted octanol–water partition coefficient (Wildman–Crippen LogP) is 5.38. The van der Waals surface area contributed by atoms with Gasteiger partial charge in [-0.25, -0.2) is 4.79 Å². The first-order valence-corrected chi connectivity index (χ1v) is 14.6. The Morgan fingerprint density at radius 2 is 1.81 bits per heavy atom. The van der Waals surface area contributed by atoms with Crippen molar-refractivity contribution in [3.8, 4) is 16.9 Å². The number of rotatable bonds is 6. The highest BCUT2D eigenvalue weighted by atomic mass is 16.5. The molecule has 3 atom stereocenters. The second-order valence-corrected chi connectivity index (χ2v) is 11.3. The number of methoxy groups -OCH3 is 1. The lowest BCUT2D eigenvalue weighted by atomic mass is 9.96. The maximum absolute atomic E-state index is 14.5. The highest BCUT2D eigenvalue weighted by Crippen LogP contribution is 2.38. The van der Waals surface area contributed by atoms with Gasteiger partial charge >= 0.3 is 6.03 Å². The molecular formula is C34H40N4O5. The number of hydrogen-bond donors (Lipinski definition) is 2. The molecule has 0 saturated carbocycles. The summed E-state index contributed by atoms with van der Waals surface area (Å²) >= 11 is 0. The number of aliphatic hydroxyl groups excluding tert-OH is 1. The zero-order valence-corrected chi connectivity index (χ0v) is 25.4. The van der Waals surface area contributed by atoms with Crippen LogP contribution in [0, 0.1) is 5.92 Å². The Kier molecular flexibility index (Phi) is 9.03. The van der Waals surface area contributed by atoms with Crippen LogP contribution in [0.5, 0.6) is 5.75 Å². The molecule has 1 aromatic heterocycles. The quantitative estimate of drug-likeness (QED) is 0.318. The topological polar surface area (TPSA) is 96.3 Å². The molecule has 5 rings (SSSR count). The number of aromatic nitrogens is 1. The fourth-order valence-corrected chi connectivity index (χ4v) is 5.84. The molecule has 0 saturated heterocycles. The number of para-hydroxylation sites is 3. The van der Waals surface area contributed by atoms with Crippen molar-refractivity contribution in [1.29, 1.82) is 0 Å². The number of carbonyl (C=O) groups excluding carboxylic acids is 2. The van der Waals surface area contributed by atoms with Gasteiger partial charge in [-0.1, -0.05) is 61.5 Å². The molecule has 1 aliphatic heterocycles. The van der Waals surface area contributed by atoms with Crippen LogP contribution in [-0.4, -0.2) is 77.4 Å². The van der Waals surface area contributed by atoms with Crippen molar-refractivity contribution < 1.29 is 24.2 Å². The predicted molar refractivity (Wildman–Crippen MR) is 168 cm³/mol. The van der Waals surface area contributed by atoms with E-state index in [1.165, 1.54) is 0 Å². The number of nitrogens with zero attached hydrogens (tertiary/aromatic N) is 3. The number of nitrogens with one attached hydrogen (secondary N) is 1. The first-order chi connectivity index (χ1) is 20.7. The molecule has 3 aromatic carbocycles. The van der Waals surface area contributed by atoms with E-state index in [4.69, 9.17) is 9.47 Å². The second-order valence-electron chi connectivity index (χ2n) is 11.3. The zero-order valence-electron chi connectivity index (χ0n) is 25.4. The lowest BCUT2D eigenvalue weighted by Crippen LogP contribution is -2.48. The summed E-state index contributed by atoms with van der Waals surface area (Å²) in [6, 6.07) is 22.5. The second kappa shape index (κ2) is 12.9. The number of carbonyl (C=O) groups is 2. The van der Waals surface area contributed by atoms with E-state index in [0.29, 0.717) is 30.3 Å². The van der Waals surface area contributed by atoms with Crippen molar-refractivity contribution in [1.82, 2.24) is 14.4 Å². The minimum absolute atomic E-state index is 0.153. The van der Waals surface area contributed by atoms with E-state index in [1.54, 1.807) is 36.1 Å². The number of benzene rings is 3. The Morgan fingerprint density at radius 3 is 2.58 bits per heavy atom. The normalized spacial score (nSPS) is 17.9. The number of hydrogen-bond acceptors (Lipinski definition) is 5. The summed E-state index contributed by atoms with van der Waals surface area (Å²) in [5, 5.41) is 14.1. The van der Waals surface area contributed by atoms with Gasteiger partial charge in [0.15, 0.2) is 0 Å². The molecule has 9 nitrogen and oxygen atoms in total. The number of ether oxygens (including phenoxy) is 2. The number of urea groups is 1. The Balaban J connectivity index is 1.53. The Bertz CT molecular complexity index is 1620. The third-order valence-corrected chi connectivity index (χ3v) is 8.37. The van der Waals surface area contributed by atoms with Crippen LogP contribution >= 0.6 is 0 Å². The van der Waals surface area contributed by atoms with Crippen LogP contribution in [0.4, 0.5) is 10.5 Å². The van der Waals surface area contributed by atoms with Gasteiger partial charge in [-0.3, -0.25) is 4.79 Å². The molecule has 9 heteroatoms. The van der Waals surface area contributed by atoms with E-state index in [2.05, 4.69) is 5.32 Å². The van der Waals surface area contributed by atoms with E-state index < -0.39 is 12.1 Å². The largest absolute Gasteiger partial charge is 0.495 e. The van der Waals surface area contributed by atoms with E-state index >= 15 is 0 Å². The summed E-state index contributed by atoms with van der Waals surface area (Å²) in [5.41, 5.74) is 4.85. The summed E-state index contributed by atoms with van der Waals surface area (Å²) in [6.07, 6.45) is -0.402. The summed E-state index contributed by atoms with van der Waals surface area (Å²) in [6.45, 7) is 4.62. The average Bonchev–Trinajstić information content (AvgIpc) is 3.32. The standard InChI is InChI=1S/C34H40N4O5/c1-22-18-38(23(2)20-39)33(40)32-31(26-14-8-10-16-28(26)37(32)4)25-13-7-6-12-24(25)21-43-30(22)19-36(3)34(41)35-27-15-9-11-17-29(27)42-5/h6-17,22-23,30,39H,18-21H2,1-5H3,(H,35,41)/t22-,23+,30-/m1/s1. The third-order valence-electron chi connectivity index (χ3n) is 8.37. The number of likely N-dealkylation sites (N-methyl/N-ethyl adjacent to an activating group) is 1. The van der Waals surface area contributed by atoms with Crippen LogP contribution in [0.1, 0.15) is 29.9 Å². The van der Waals surface area contributed by atoms with Crippen LogP contribution in [0.15, 0.2) is 72.8 Å². The van der Waals surface area contributed by atoms with E-state index in [1.807, 2.05) is 86.1 Å². The lowest BCUT2D eigenvalue weighted by molar-refractivity contribution is -0.0179. The van der Waals surface area contributed by atoms with Gasteiger partial charge in [0, 0.05) is 49.6 Å². The van der Waals surface area contributed by atoms with Gasteiger partial charge in [0.25, 0.3) is 5.91 Å². The molecule has 1 aliphatic rings. The van der Waals surface area contributed by atoms with Gasteiger partial charge in [0.05, 0.1) is 38.2 Å². The monoisotopic (exact) mass is 584 g/mol. The molecule has 0 radical (unpaired) electrons. The molecular weight excluding hydrogens is 544 g/mol. The van der Waals surface area contributed by atoms with Gasteiger partial charge in [0.1, 0.15) is 11.4 Å². The number of anilines is 1. The molecule has 226 valence electrons. The van der Waals surface area contributed by atoms with Crippen LogP contribution in [-0.2, 0) is 18.4 Å². The molecule has 0 aliphatic carbocycles. The molecule has 0 spiro atoms. The van der Waals surface area contributed by atoms with Crippen molar-refractivity contribution in [3.05, 3.63) is 84.1 Å². The van der Waals surface area contributed by atoms with E-state index in [0.717, 1.165) is 27.6 Å². The Labute approximate surface area is 252 Å². The van der Waals surface area contributed by atoms with Gasteiger partial charge in [0.2, 0.25) is 0 Å². The van der Waals surface area contributed by atoms with Crippen LogP contribution in [0.25, 0.3) is 22.0 Å². The molecule has 0 bridgehead atoms. The number of aryl methyl sites for hydroxylation is 1. The van der Waals surface area contributed by atoms with Crippen LogP contribution < -0.4 is 10.1 Å². The average molecular weight is 585 g/mol. The third kappa shape index (κ3) is 5.96. The van der Waals surface area contributed by atoms with Crippen molar-refractivity contribution in [3.63, 3.8) is 0 Å². The van der Waals surface area contributed by atoms with Crippen LogP contribution in [0.2, 0.25) is 0 Å². The summed E-state index contributed by atoms with van der Waals surface area (Å²) in [5.74, 6) is 0.252. The van der Waals surface area contributed by atoms with E-state index in [-0.39, 0.29) is 31.0 Å². The number of fused-ring (bicyclic) bond motifs is 5. The molecule has 3 amide bonds. The van der Waals surface area contributed by atoms with Gasteiger partial charge < -0.3 is 34.3 Å². The maximum atomic E-state index is 14.5. The summed E-state index contributed by atoms with van der Waals surface area (Å²) in [4.78, 5) is 31.0. The van der Waals surface area contributed by atoms with Crippen molar-refractivity contribution in [2.45, 2.75) is 32.6 Å². The van der Waals surface area contributed by atoms with Gasteiger partial charge in [-0.15, -0.1) is 0 Å². The van der Waals surface area contributed by atoms with Gasteiger partial charge in [-0.05, 0) is 36.2 Å². The molecule has 2 N–H and O–H groups in total. The zero-order chi connectivity index (χ0) is 30.7. The van der Waals surface area contributed by atoms with Crippen molar-refractivity contribution >= 4 is 28.5 Å². The summed E-state index contributed by atoms with van der Waals surface area (Å²) in [7, 11) is 5.20. The first kappa shape index (κ1) is 30.1.